The molecule has 1 aliphatic heterocycles. The number of hydrogen-bond donors (Lipinski definition) is 3. The third-order valence-electron chi connectivity index (χ3n) is 6.18. The molecule has 0 saturated carbocycles. The van der Waals surface area contributed by atoms with Gasteiger partial charge in [0.2, 0.25) is 0 Å². The molecular weight excluding hydrogens is 501 g/mol. The number of aliphatic carboxylic acids is 1. The Morgan fingerprint density at radius 3 is 2.21 bits per heavy atom. The summed E-state index contributed by atoms with van der Waals surface area (Å²) in [5, 5.41) is 19.7. The number of hydrogen-bond acceptors (Lipinski definition) is 4. The van der Waals surface area contributed by atoms with Gasteiger partial charge in [0.1, 0.15) is 0 Å². The molecule has 200 valence electrons. The van der Waals surface area contributed by atoms with Gasteiger partial charge in [-0.25, -0.2) is 9.59 Å². The average Bonchev–Trinajstić information content (AvgIpc) is 3.34. The van der Waals surface area contributed by atoms with Crippen molar-refractivity contribution in [3.8, 4) is 0 Å². The van der Waals surface area contributed by atoms with Crippen LogP contribution in [0.3, 0.4) is 0 Å². The smallest absolute Gasteiger partial charge is 0.478 e. The number of halogens is 3. The minimum atomic E-state index is -5.08. The van der Waals surface area contributed by atoms with E-state index in [9.17, 15) is 27.9 Å². The zero-order valence-electron chi connectivity index (χ0n) is 20.7. The van der Waals surface area contributed by atoms with E-state index in [4.69, 9.17) is 9.90 Å². The summed E-state index contributed by atoms with van der Waals surface area (Å²) < 4.78 is 31.7. The average molecular weight is 529 g/mol. The van der Waals surface area contributed by atoms with Crippen LogP contribution in [0, 0.1) is 13.8 Å². The minimum Gasteiger partial charge on any atom is -0.478 e. The van der Waals surface area contributed by atoms with Crippen molar-refractivity contribution < 1.29 is 37.8 Å². The lowest BCUT2D eigenvalue weighted by atomic mass is 9.97. The van der Waals surface area contributed by atoms with Gasteiger partial charge in [0.25, 0.3) is 5.91 Å². The summed E-state index contributed by atoms with van der Waals surface area (Å²) in [5.41, 5.74) is 5.20. The number of nitrogens with zero attached hydrogens (tertiary/aromatic N) is 1. The molecule has 0 aromatic heterocycles. The van der Waals surface area contributed by atoms with Crippen molar-refractivity contribution in [2.24, 2.45) is 0 Å². The number of carbonyl (C=O) groups is 3. The Morgan fingerprint density at radius 1 is 0.921 bits per heavy atom. The number of carboxylic acids is 2. The van der Waals surface area contributed by atoms with Crippen LogP contribution in [0.15, 0.2) is 66.7 Å². The van der Waals surface area contributed by atoms with E-state index in [-0.39, 0.29) is 11.5 Å². The Balaban J connectivity index is 0.000000505. The number of carboxylic acid groups (broad SMARTS) is 2. The van der Waals surface area contributed by atoms with E-state index in [1.165, 1.54) is 11.1 Å². The Hall–Kier alpha value is -4.34. The van der Waals surface area contributed by atoms with Crippen LogP contribution in [-0.4, -0.2) is 47.3 Å². The normalized spacial score (nSPS) is 14.9. The molecule has 3 aromatic carbocycles. The summed E-state index contributed by atoms with van der Waals surface area (Å²) in [6.45, 7) is 5.66. The fourth-order valence-electron chi connectivity index (χ4n) is 4.22. The predicted octanol–water partition coefficient (Wildman–Crippen LogP) is 5.88. The topological polar surface area (TPSA) is 107 Å². The zero-order valence-corrected chi connectivity index (χ0v) is 20.7. The minimum absolute atomic E-state index is 0.0958. The fraction of sp³-hybridized carbons (Fsp3) is 0.250. The van der Waals surface area contributed by atoms with Crippen molar-refractivity contribution in [3.63, 3.8) is 0 Å². The van der Waals surface area contributed by atoms with E-state index in [0.29, 0.717) is 17.2 Å². The number of anilines is 2. The third-order valence-corrected chi connectivity index (χ3v) is 6.18. The number of amides is 1. The Labute approximate surface area is 217 Å². The molecule has 0 spiro atoms. The molecule has 0 bridgehead atoms. The van der Waals surface area contributed by atoms with Gasteiger partial charge in [-0.05, 0) is 55.7 Å². The van der Waals surface area contributed by atoms with Gasteiger partial charge in [-0.3, -0.25) is 4.79 Å². The summed E-state index contributed by atoms with van der Waals surface area (Å²) >= 11 is 0. The Bertz CT molecular complexity index is 1340. The maximum atomic E-state index is 12.7. The van der Waals surface area contributed by atoms with Crippen molar-refractivity contribution in [1.29, 1.82) is 0 Å². The molecule has 38 heavy (non-hydrogen) atoms. The maximum Gasteiger partial charge on any atom is 0.490 e. The molecule has 1 fully saturated rings. The molecule has 4 rings (SSSR count). The first-order chi connectivity index (χ1) is 17.9. The third kappa shape index (κ3) is 7.12. The van der Waals surface area contributed by atoms with E-state index in [1.807, 2.05) is 25.1 Å². The molecule has 1 atom stereocenters. The largest absolute Gasteiger partial charge is 0.490 e. The van der Waals surface area contributed by atoms with Crippen LogP contribution < -0.4 is 10.2 Å². The van der Waals surface area contributed by atoms with Crippen molar-refractivity contribution in [2.75, 3.05) is 23.3 Å². The first-order valence-electron chi connectivity index (χ1n) is 11.7. The number of nitrogens with one attached hydrogen (secondary N) is 1. The van der Waals surface area contributed by atoms with Gasteiger partial charge in [-0.1, -0.05) is 48.0 Å². The summed E-state index contributed by atoms with van der Waals surface area (Å²) in [4.78, 5) is 35.7. The highest BCUT2D eigenvalue weighted by atomic mass is 19.4. The van der Waals surface area contributed by atoms with Crippen LogP contribution in [0.2, 0.25) is 0 Å². The van der Waals surface area contributed by atoms with Crippen LogP contribution in [-0.2, 0) is 4.79 Å². The van der Waals surface area contributed by atoms with Crippen LogP contribution in [0.1, 0.15) is 49.7 Å². The number of benzene rings is 3. The highest BCUT2D eigenvalue weighted by Gasteiger charge is 2.38. The van der Waals surface area contributed by atoms with Gasteiger partial charge < -0.3 is 20.4 Å². The number of aryl methyl sites for hydroxylation is 2. The van der Waals surface area contributed by atoms with Crippen LogP contribution in [0.4, 0.5) is 24.5 Å². The first-order valence-corrected chi connectivity index (χ1v) is 11.7. The summed E-state index contributed by atoms with van der Waals surface area (Å²) in [6.07, 6.45) is -4.06. The second kappa shape index (κ2) is 11.8. The summed E-state index contributed by atoms with van der Waals surface area (Å²) in [5.74, 6) is -3.70. The zero-order chi connectivity index (χ0) is 28.0. The molecule has 1 aliphatic rings. The maximum absolute atomic E-state index is 12.7. The molecule has 3 N–H and O–H groups in total. The van der Waals surface area contributed by atoms with Gasteiger partial charge >= 0.3 is 18.1 Å². The van der Waals surface area contributed by atoms with Crippen molar-refractivity contribution in [2.45, 2.75) is 32.4 Å². The number of carbonyl (C=O) groups excluding carboxylic acids is 1. The molecule has 0 radical (unpaired) electrons. The van der Waals surface area contributed by atoms with Gasteiger partial charge in [0.05, 0.1) is 11.3 Å². The van der Waals surface area contributed by atoms with Gasteiger partial charge in [0, 0.05) is 30.3 Å². The van der Waals surface area contributed by atoms with Crippen molar-refractivity contribution in [1.82, 2.24) is 0 Å². The molecule has 1 amide bonds. The van der Waals surface area contributed by atoms with E-state index in [1.54, 1.807) is 24.3 Å². The van der Waals surface area contributed by atoms with Crippen molar-refractivity contribution in [3.05, 3.63) is 94.5 Å². The first kappa shape index (κ1) is 28.2. The number of aromatic carboxylic acids is 1. The van der Waals surface area contributed by atoms with Crippen molar-refractivity contribution >= 4 is 29.2 Å². The molecule has 1 saturated heterocycles. The lowest BCUT2D eigenvalue weighted by Crippen LogP contribution is -2.21. The molecule has 7 nitrogen and oxygen atoms in total. The van der Waals surface area contributed by atoms with Crippen LogP contribution in [0.5, 0.6) is 0 Å². The highest BCUT2D eigenvalue weighted by molar-refractivity contribution is 6.08. The molecule has 1 unspecified atom stereocenters. The Morgan fingerprint density at radius 2 is 1.61 bits per heavy atom. The van der Waals surface area contributed by atoms with Gasteiger partial charge in [-0.2, -0.15) is 13.2 Å². The number of rotatable bonds is 5. The Kier molecular flexibility index (Phi) is 8.77. The van der Waals surface area contributed by atoms with E-state index < -0.39 is 18.1 Å². The summed E-state index contributed by atoms with van der Waals surface area (Å²) in [7, 11) is 0. The second-order valence-corrected chi connectivity index (χ2v) is 8.95. The molecule has 0 aliphatic carbocycles. The molecular formula is C28H27F3N2O5. The molecule has 3 aromatic rings. The van der Waals surface area contributed by atoms with E-state index in [0.717, 1.165) is 30.8 Å². The molecule has 1 heterocycles. The quantitative estimate of drug-likeness (QED) is 0.382. The SMILES string of the molecule is Cc1cccc(C2CCN(c3ccc(NC(=O)c4ccccc4C)c(C(=O)O)c3)C2)c1.O=C(O)C(F)(F)F. The highest BCUT2D eigenvalue weighted by Crippen LogP contribution is 2.33. The van der Waals surface area contributed by atoms with E-state index >= 15 is 0 Å². The van der Waals surface area contributed by atoms with Crippen LogP contribution >= 0.6 is 0 Å². The lowest BCUT2D eigenvalue weighted by Gasteiger charge is -2.21. The monoisotopic (exact) mass is 528 g/mol. The van der Waals surface area contributed by atoms with Gasteiger partial charge in [0.15, 0.2) is 0 Å². The van der Waals surface area contributed by atoms with Gasteiger partial charge in [-0.15, -0.1) is 0 Å². The number of alkyl halides is 3. The standard InChI is InChI=1S/C26H26N2O3.C2HF3O2/c1-17-6-5-8-19(14-17)20-12-13-28(16-20)21-10-11-24(23(15-21)26(30)31)27-25(29)22-9-4-3-7-18(22)2;3-2(4,5)1(6)7/h3-11,14-15,20H,12-13,16H2,1-2H3,(H,27,29)(H,30,31);(H,6,7). The second-order valence-electron chi connectivity index (χ2n) is 8.95. The molecule has 10 heteroatoms. The summed E-state index contributed by atoms with van der Waals surface area (Å²) in [6, 6.07) is 21.0. The van der Waals surface area contributed by atoms with E-state index in [2.05, 4.69) is 41.4 Å². The fourth-order valence-corrected chi connectivity index (χ4v) is 4.22. The predicted molar refractivity (Wildman–Crippen MR) is 137 cm³/mol. The van der Waals surface area contributed by atoms with Crippen LogP contribution in [0.25, 0.3) is 0 Å². The lowest BCUT2D eigenvalue weighted by molar-refractivity contribution is -0.192.